The van der Waals surface area contributed by atoms with E-state index in [-0.39, 0.29) is 18.3 Å². The molecule has 1 aromatic carbocycles. The molecular weight excluding hydrogens is 358 g/mol. The highest BCUT2D eigenvalue weighted by Crippen LogP contribution is 2.11. The Hall–Kier alpha value is -2.41. The standard InChI is InChI=1S/C21H33N3O4/c1-5-14(4)18(24-19(25)16(22)11-13(2)3)20(26)23-17(21(27)28)12-15-9-7-6-8-10-15/h6-10,13-14,16-18H,5,11-12,22H2,1-4H3,(H,23,26)(H,24,25)(H,27,28)/t14-,16-,17-,18-/m0/s1. The molecule has 4 atom stereocenters. The van der Waals surface area contributed by atoms with Crippen LogP contribution in [-0.4, -0.2) is 41.0 Å². The van der Waals surface area contributed by atoms with E-state index in [1.165, 1.54) is 0 Å². The summed E-state index contributed by atoms with van der Waals surface area (Å²) in [5.41, 5.74) is 6.73. The number of carbonyl (C=O) groups is 3. The lowest BCUT2D eigenvalue weighted by Crippen LogP contribution is -2.57. The van der Waals surface area contributed by atoms with Gasteiger partial charge in [-0.15, -0.1) is 0 Å². The van der Waals surface area contributed by atoms with Crippen LogP contribution in [0.5, 0.6) is 0 Å². The van der Waals surface area contributed by atoms with Crippen molar-refractivity contribution in [3.05, 3.63) is 35.9 Å². The van der Waals surface area contributed by atoms with Gasteiger partial charge in [0, 0.05) is 6.42 Å². The Morgan fingerprint density at radius 1 is 1.04 bits per heavy atom. The van der Waals surface area contributed by atoms with Crippen molar-refractivity contribution >= 4 is 17.8 Å². The molecule has 0 saturated heterocycles. The Kier molecular flexibility index (Phi) is 9.65. The highest BCUT2D eigenvalue weighted by molar-refractivity contribution is 5.92. The van der Waals surface area contributed by atoms with E-state index < -0.39 is 35.9 Å². The van der Waals surface area contributed by atoms with Crippen LogP contribution in [0.25, 0.3) is 0 Å². The third kappa shape index (κ3) is 7.68. The van der Waals surface area contributed by atoms with Crippen LogP contribution in [-0.2, 0) is 20.8 Å². The molecule has 0 heterocycles. The first-order valence-electron chi connectivity index (χ1n) is 9.78. The summed E-state index contributed by atoms with van der Waals surface area (Å²) in [6.45, 7) is 7.68. The molecular formula is C21H33N3O4. The fourth-order valence-corrected chi connectivity index (χ4v) is 2.89. The van der Waals surface area contributed by atoms with E-state index in [1.807, 2.05) is 45.9 Å². The van der Waals surface area contributed by atoms with E-state index in [0.29, 0.717) is 12.8 Å². The van der Waals surface area contributed by atoms with Gasteiger partial charge in [-0.1, -0.05) is 64.4 Å². The third-order valence-electron chi connectivity index (χ3n) is 4.75. The zero-order valence-electron chi connectivity index (χ0n) is 17.1. The topological polar surface area (TPSA) is 122 Å². The molecule has 7 nitrogen and oxygen atoms in total. The number of nitrogens with one attached hydrogen (secondary N) is 2. The molecule has 156 valence electrons. The minimum Gasteiger partial charge on any atom is -0.480 e. The summed E-state index contributed by atoms with van der Waals surface area (Å²) in [6.07, 6.45) is 1.32. The number of aliphatic carboxylic acids is 1. The predicted octanol–water partition coefficient (Wildman–Crippen LogP) is 1.70. The lowest BCUT2D eigenvalue weighted by Gasteiger charge is -2.27. The molecule has 0 saturated carbocycles. The molecule has 1 aromatic rings. The highest BCUT2D eigenvalue weighted by Gasteiger charge is 2.31. The van der Waals surface area contributed by atoms with Crippen LogP contribution < -0.4 is 16.4 Å². The first-order chi connectivity index (χ1) is 13.1. The average molecular weight is 392 g/mol. The largest absolute Gasteiger partial charge is 0.480 e. The zero-order valence-corrected chi connectivity index (χ0v) is 17.1. The van der Waals surface area contributed by atoms with Gasteiger partial charge in [0.2, 0.25) is 11.8 Å². The number of carboxylic acid groups (broad SMARTS) is 1. The third-order valence-corrected chi connectivity index (χ3v) is 4.75. The van der Waals surface area contributed by atoms with E-state index in [1.54, 1.807) is 12.1 Å². The van der Waals surface area contributed by atoms with Crippen LogP contribution in [0.1, 0.15) is 46.1 Å². The van der Waals surface area contributed by atoms with Gasteiger partial charge in [-0.2, -0.15) is 0 Å². The fourth-order valence-electron chi connectivity index (χ4n) is 2.89. The normalized spacial score (nSPS) is 15.4. The van der Waals surface area contributed by atoms with Crippen molar-refractivity contribution in [2.75, 3.05) is 0 Å². The van der Waals surface area contributed by atoms with Crippen molar-refractivity contribution in [3.63, 3.8) is 0 Å². The van der Waals surface area contributed by atoms with Crippen LogP contribution in [0.3, 0.4) is 0 Å². The summed E-state index contributed by atoms with van der Waals surface area (Å²) in [7, 11) is 0. The first kappa shape index (κ1) is 23.6. The highest BCUT2D eigenvalue weighted by atomic mass is 16.4. The van der Waals surface area contributed by atoms with Gasteiger partial charge in [0.15, 0.2) is 0 Å². The smallest absolute Gasteiger partial charge is 0.326 e. The second-order valence-electron chi connectivity index (χ2n) is 7.70. The molecule has 5 N–H and O–H groups in total. The van der Waals surface area contributed by atoms with Crippen LogP contribution in [0.2, 0.25) is 0 Å². The van der Waals surface area contributed by atoms with Crippen molar-refractivity contribution in [1.29, 1.82) is 0 Å². The molecule has 0 aliphatic rings. The van der Waals surface area contributed by atoms with Crippen molar-refractivity contribution < 1.29 is 19.5 Å². The second kappa shape index (κ2) is 11.4. The summed E-state index contributed by atoms with van der Waals surface area (Å²) in [5, 5.41) is 14.8. The maximum Gasteiger partial charge on any atom is 0.326 e. The van der Waals surface area contributed by atoms with E-state index in [2.05, 4.69) is 10.6 Å². The van der Waals surface area contributed by atoms with Crippen LogP contribution in [0, 0.1) is 11.8 Å². The molecule has 2 amide bonds. The Morgan fingerprint density at radius 2 is 1.64 bits per heavy atom. The van der Waals surface area contributed by atoms with Gasteiger partial charge in [0.25, 0.3) is 0 Å². The molecule has 0 spiro atoms. The monoisotopic (exact) mass is 391 g/mol. The van der Waals surface area contributed by atoms with E-state index in [0.717, 1.165) is 5.56 Å². The van der Waals surface area contributed by atoms with Gasteiger partial charge in [0.05, 0.1) is 6.04 Å². The number of benzene rings is 1. The van der Waals surface area contributed by atoms with E-state index >= 15 is 0 Å². The summed E-state index contributed by atoms with van der Waals surface area (Å²) >= 11 is 0. The number of rotatable bonds is 11. The predicted molar refractivity (Wildman–Crippen MR) is 109 cm³/mol. The molecule has 1 rings (SSSR count). The van der Waals surface area contributed by atoms with Crippen molar-refractivity contribution in [3.8, 4) is 0 Å². The molecule has 0 fully saturated rings. The van der Waals surface area contributed by atoms with Gasteiger partial charge < -0.3 is 21.5 Å². The quantitative estimate of drug-likeness (QED) is 0.457. The molecule has 0 aliphatic heterocycles. The van der Waals surface area contributed by atoms with Crippen molar-refractivity contribution in [1.82, 2.24) is 10.6 Å². The van der Waals surface area contributed by atoms with Crippen LogP contribution in [0.15, 0.2) is 30.3 Å². The molecule has 28 heavy (non-hydrogen) atoms. The average Bonchev–Trinajstić information content (AvgIpc) is 2.64. The second-order valence-corrected chi connectivity index (χ2v) is 7.70. The van der Waals surface area contributed by atoms with Crippen LogP contribution >= 0.6 is 0 Å². The van der Waals surface area contributed by atoms with Gasteiger partial charge in [-0.05, 0) is 23.8 Å². The lowest BCUT2D eigenvalue weighted by molar-refractivity contribution is -0.142. The Bertz CT molecular complexity index is 648. The molecule has 0 aliphatic carbocycles. The summed E-state index contributed by atoms with van der Waals surface area (Å²) in [4.78, 5) is 36.8. The molecule has 7 heteroatoms. The fraction of sp³-hybridized carbons (Fsp3) is 0.571. The SMILES string of the molecule is CC[C@H](C)[C@H](NC(=O)[C@@H](N)CC(C)C)C(=O)N[C@@H](Cc1ccccc1)C(=O)O. The number of carbonyl (C=O) groups excluding carboxylic acids is 2. The molecule has 0 bridgehead atoms. The van der Waals surface area contributed by atoms with Gasteiger partial charge in [0.1, 0.15) is 12.1 Å². The van der Waals surface area contributed by atoms with Gasteiger partial charge in [-0.3, -0.25) is 9.59 Å². The Labute approximate surface area is 167 Å². The van der Waals surface area contributed by atoms with Gasteiger partial charge >= 0.3 is 5.97 Å². The summed E-state index contributed by atoms with van der Waals surface area (Å²) < 4.78 is 0. The maximum atomic E-state index is 12.8. The summed E-state index contributed by atoms with van der Waals surface area (Å²) in [6, 6.07) is 6.45. The molecule has 0 radical (unpaired) electrons. The molecule has 0 unspecified atom stereocenters. The number of carboxylic acids is 1. The Balaban J connectivity index is 2.86. The minimum atomic E-state index is -1.12. The van der Waals surface area contributed by atoms with Crippen molar-refractivity contribution in [2.24, 2.45) is 17.6 Å². The number of hydrogen-bond acceptors (Lipinski definition) is 4. The molecule has 0 aromatic heterocycles. The van der Waals surface area contributed by atoms with Crippen LogP contribution in [0.4, 0.5) is 0 Å². The van der Waals surface area contributed by atoms with E-state index in [9.17, 15) is 19.5 Å². The van der Waals surface area contributed by atoms with Crippen molar-refractivity contribution in [2.45, 2.75) is 65.1 Å². The van der Waals surface area contributed by atoms with E-state index in [4.69, 9.17) is 5.73 Å². The Morgan fingerprint density at radius 3 is 2.14 bits per heavy atom. The zero-order chi connectivity index (χ0) is 21.3. The number of nitrogens with two attached hydrogens (primary N) is 1. The summed E-state index contributed by atoms with van der Waals surface area (Å²) in [5.74, 6) is -1.95. The lowest BCUT2D eigenvalue weighted by atomic mass is 9.96. The maximum absolute atomic E-state index is 12.8. The number of hydrogen-bond donors (Lipinski definition) is 4. The minimum absolute atomic E-state index is 0.163. The number of amides is 2. The first-order valence-corrected chi connectivity index (χ1v) is 9.78. The van der Waals surface area contributed by atoms with Gasteiger partial charge in [-0.25, -0.2) is 4.79 Å².